The van der Waals surface area contributed by atoms with Crippen molar-refractivity contribution < 1.29 is 4.79 Å². The molecule has 5 heteroatoms. The van der Waals surface area contributed by atoms with E-state index in [2.05, 4.69) is 15.2 Å². The molecule has 0 amide bonds. The summed E-state index contributed by atoms with van der Waals surface area (Å²) in [5.74, 6) is 0.484. The van der Waals surface area contributed by atoms with Crippen molar-refractivity contribution in [2.45, 2.75) is 57.4 Å². The Morgan fingerprint density at radius 2 is 1.80 bits per heavy atom. The zero-order chi connectivity index (χ0) is 13.8. The Morgan fingerprint density at radius 1 is 1.05 bits per heavy atom. The van der Waals surface area contributed by atoms with E-state index in [1.807, 2.05) is 4.68 Å². The number of aldehydes is 1. The number of hydrogen-bond acceptors (Lipinski definition) is 4. The van der Waals surface area contributed by atoms with Crippen molar-refractivity contribution in [1.82, 2.24) is 19.9 Å². The normalized spacial score (nSPS) is 21.4. The van der Waals surface area contributed by atoms with Crippen molar-refractivity contribution in [3.8, 4) is 0 Å². The van der Waals surface area contributed by atoms with Gasteiger partial charge in [0.15, 0.2) is 6.29 Å². The fourth-order valence-corrected chi connectivity index (χ4v) is 3.62. The summed E-state index contributed by atoms with van der Waals surface area (Å²) in [6, 6.07) is 0. The van der Waals surface area contributed by atoms with Crippen LogP contribution in [-0.4, -0.2) is 45.8 Å². The Kier molecular flexibility index (Phi) is 4.45. The summed E-state index contributed by atoms with van der Waals surface area (Å²) >= 11 is 0. The van der Waals surface area contributed by atoms with Gasteiger partial charge in [0.2, 0.25) is 0 Å². The summed E-state index contributed by atoms with van der Waals surface area (Å²) in [5, 5.41) is 8.31. The van der Waals surface area contributed by atoms with E-state index in [4.69, 9.17) is 0 Å². The first-order valence-electron chi connectivity index (χ1n) is 7.99. The summed E-state index contributed by atoms with van der Waals surface area (Å²) < 4.78 is 2.00. The third-order valence-corrected chi connectivity index (χ3v) is 4.73. The molecule has 0 unspecified atom stereocenters. The molecule has 1 aromatic rings. The van der Waals surface area contributed by atoms with Crippen LogP contribution in [-0.2, 0) is 6.54 Å². The first-order chi connectivity index (χ1) is 9.88. The largest absolute Gasteiger partial charge is 0.301 e. The molecule has 3 rings (SSSR count). The third kappa shape index (κ3) is 2.92. The van der Waals surface area contributed by atoms with E-state index in [0.29, 0.717) is 11.6 Å². The van der Waals surface area contributed by atoms with Crippen LogP contribution in [0.4, 0.5) is 0 Å². The number of nitrogens with zero attached hydrogens (tertiary/aromatic N) is 4. The molecule has 5 nitrogen and oxygen atoms in total. The van der Waals surface area contributed by atoms with E-state index >= 15 is 0 Å². The lowest BCUT2D eigenvalue weighted by atomic mass is 9.86. The molecular weight excluding hydrogens is 252 g/mol. The molecule has 0 N–H and O–H groups in total. The molecule has 110 valence electrons. The monoisotopic (exact) mass is 276 g/mol. The van der Waals surface area contributed by atoms with Gasteiger partial charge in [0.25, 0.3) is 0 Å². The van der Waals surface area contributed by atoms with Crippen LogP contribution in [0.1, 0.15) is 67.0 Å². The highest BCUT2D eigenvalue weighted by atomic mass is 16.1. The SMILES string of the molecule is O=Cc1nnn(CCN2CCCC2)c1C1CCCCC1. The molecule has 0 aromatic carbocycles. The topological polar surface area (TPSA) is 51.0 Å². The van der Waals surface area contributed by atoms with Crippen molar-refractivity contribution in [3.05, 3.63) is 11.4 Å². The Hall–Kier alpha value is -1.23. The first-order valence-corrected chi connectivity index (χ1v) is 7.99. The van der Waals surface area contributed by atoms with E-state index in [9.17, 15) is 4.79 Å². The maximum atomic E-state index is 11.2. The van der Waals surface area contributed by atoms with Gasteiger partial charge >= 0.3 is 0 Å². The van der Waals surface area contributed by atoms with Gasteiger partial charge in [-0.3, -0.25) is 4.79 Å². The molecule has 2 heterocycles. The summed E-state index contributed by atoms with van der Waals surface area (Å²) in [7, 11) is 0. The number of likely N-dealkylation sites (tertiary alicyclic amines) is 1. The Labute approximate surface area is 120 Å². The van der Waals surface area contributed by atoms with Gasteiger partial charge in [-0.05, 0) is 38.8 Å². The number of rotatable bonds is 5. The summed E-state index contributed by atoms with van der Waals surface area (Å²) in [5.41, 5.74) is 1.66. The van der Waals surface area contributed by atoms with Crippen LogP contribution >= 0.6 is 0 Å². The van der Waals surface area contributed by atoms with Crippen LogP contribution in [0.15, 0.2) is 0 Å². The molecule has 0 bridgehead atoms. The zero-order valence-corrected chi connectivity index (χ0v) is 12.1. The highest BCUT2D eigenvalue weighted by Gasteiger charge is 2.24. The molecule has 1 aliphatic carbocycles. The van der Waals surface area contributed by atoms with E-state index in [0.717, 1.165) is 25.1 Å². The summed E-state index contributed by atoms with van der Waals surface area (Å²) in [6.07, 6.45) is 9.71. The quantitative estimate of drug-likeness (QED) is 0.774. The second-order valence-corrected chi connectivity index (χ2v) is 6.08. The minimum absolute atomic E-state index is 0.484. The minimum Gasteiger partial charge on any atom is -0.301 e. The van der Waals surface area contributed by atoms with Gasteiger partial charge in [-0.2, -0.15) is 0 Å². The predicted molar refractivity (Wildman–Crippen MR) is 76.9 cm³/mol. The van der Waals surface area contributed by atoms with Crippen LogP contribution < -0.4 is 0 Å². The molecule has 1 aliphatic heterocycles. The van der Waals surface area contributed by atoms with Gasteiger partial charge in [0.1, 0.15) is 5.69 Å². The van der Waals surface area contributed by atoms with Crippen molar-refractivity contribution in [1.29, 1.82) is 0 Å². The van der Waals surface area contributed by atoms with Crippen LogP contribution in [0.3, 0.4) is 0 Å². The predicted octanol–water partition coefficient (Wildman–Crippen LogP) is 2.23. The van der Waals surface area contributed by atoms with E-state index in [1.54, 1.807) is 0 Å². The Morgan fingerprint density at radius 3 is 2.50 bits per heavy atom. The maximum absolute atomic E-state index is 11.2. The summed E-state index contributed by atoms with van der Waals surface area (Å²) in [6.45, 7) is 4.30. The lowest BCUT2D eigenvalue weighted by Crippen LogP contribution is -2.26. The number of carbonyl (C=O) groups excluding carboxylic acids is 1. The lowest BCUT2D eigenvalue weighted by Gasteiger charge is -2.23. The second kappa shape index (κ2) is 6.48. The van der Waals surface area contributed by atoms with Crippen LogP contribution in [0.25, 0.3) is 0 Å². The van der Waals surface area contributed by atoms with E-state index in [-0.39, 0.29) is 0 Å². The van der Waals surface area contributed by atoms with Gasteiger partial charge in [-0.1, -0.05) is 24.5 Å². The standard InChI is InChI=1S/C15H24N4O/c20-12-14-15(13-6-2-1-3-7-13)19(17-16-14)11-10-18-8-4-5-9-18/h12-13H,1-11H2. The number of carbonyl (C=O) groups is 1. The lowest BCUT2D eigenvalue weighted by molar-refractivity contribution is 0.111. The summed E-state index contributed by atoms with van der Waals surface area (Å²) in [4.78, 5) is 13.7. The van der Waals surface area contributed by atoms with E-state index < -0.39 is 0 Å². The average Bonchev–Trinajstić information content (AvgIpc) is 3.15. The highest BCUT2D eigenvalue weighted by Crippen LogP contribution is 2.33. The second-order valence-electron chi connectivity index (χ2n) is 6.08. The Balaban J connectivity index is 1.71. The Bertz CT molecular complexity index is 445. The molecule has 2 aliphatic rings. The zero-order valence-electron chi connectivity index (χ0n) is 12.1. The van der Waals surface area contributed by atoms with Gasteiger partial charge in [-0.15, -0.1) is 5.10 Å². The molecule has 1 saturated heterocycles. The third-order valence-electron chi connectivity index (χ3n) is 4.73. The van der Waals surface area contributed by atoms with Crippen LogP contribution in [0, 0.1) is 0 Å². The van der Waals surface area contributed by atoms with Crippen LogP contribution in [0.2, 0.25) is 0 Å². The molecule has 2 fully saturated rings. The van der Waals surface area contributed by atoms with Gasteiger partial charge in [0.05, 0.1) is 12.2 Å². The maximum Gasteiger partial charge on any atom is 0.172 e. The van der Waals surface area contributed by atoms with Gasteiger partial charge < -0.3 is 4.90 Å². The van der Waals surface area contributed by atoms with Crippen molar-refractivity contribution in [3.63, 3.8) is 0 Å². The fraction of sp³-hybridized carbons (Fsp3) is 0.800. The molecular formula is C15H24N4O. The molecule has 1 aromatic heterocycles. The van der Waals surface area contributed by atoms with Crippen molar-refractivity contribution in [2.24, 2.45) is 0 Å². The minimum atomic E-state index is 0.484. The van der Waals surface area contributed by atoms with Crippen molar-refractivity contribution >= 4 is 6.29 Å². The van der Waals surface area contributed by atoms with Crippen molar-refractivity contribution in [2.75, 3.05) is 19.6 Å². The number of aromatic nitrogens is 3. The number of hydrogen-bond donors (Lipinski definition) is 0. The van der Waals surface area contributed by atoms with Crippen LogP contribution in [0.5, 0.6) is 0 Å². The average molecular weight is 276 g/mol. The first kappa shape index (κ1) is 13.7. The molecule has 0 radical (unpaired) electrons. The highest BCUT2D eigenvalue weighted by molar-refractivity contribution is 5.73. The smallest absolute Gasteiger partial charge is 0.172 e. The van der Waals surface area contributed by atoms with Gasteiger partial charge in [0, 0.05) is 12.5 Å². The molecule has 0 atom stereocenters. The molecule has 1 saturated carbocycles. The van der Waals surface area contributed by atoms with Gasteiger partial charge in [-0.25, -0.2) is 4.68 Å². The fourth-order valence-electron chi connectivity index (χ4n) is 3.62. The molecule has 0 spiro atoms. The molecule has 20 heavy (non-hydrogen) atoms. The van der Waals surface area contributed by atoms with E-state index in [1.165, 1.54) is 58.0 Å².